The molecular weight excluding hydrogens is 653 g/mol. The third-order valence-corrected chi connectivity index (χ3v) is 22.2. The molecule has 0 aromatic carbocycles. The molecule has 2 fully saturated rings. The minimum atomic E-state index is -2.02. The molecule has 286 valence electrons. The highest BCUT2D eigenvalue weighted by Gasteiger charge is 2.47. The van der Waals surface area contributed by atoms with Crippen LogP contribution in [0, 0.1) is 11.3 Å². The predicted octanol–water partition coefficient (Wildman–Crippen LogP) is 12.4. The zero-order chi connectivity index (χ0) is 37.9. The summed E-state index contributed by atoms with van der Waals surface area (Å²) in [5, 5.41) is 0.270. The Labute approximate surface area is 310 Å². The van der Waals surface area contributed by atoms with E-state index >= 15 is 0 Å². The number of fused-ring (bicyclic) bond motifs is 1. The van der Waals surface area contributed by atoms with Gasteiger partial charge in [-0.2, -0.15) is 0 Å². The number of allylic oxidation sites excluding steroid dienone is 4. The molecule has 0 saturated heterocycles. The highest BCUT2D eigenvalue weighted by molar-refractivity contribution is 6.74. The van der Waals surface area contributed by atoms with Crippen LogP contribution in [0.3, 0.4) is 0 Å². The van der Waals surface area contributed by atoms with Gasteiger partial charge in [0.05, 0.1) is 18.3 Å². The van der Waals surface area contributed by atoms with Crippen molar-refractivity contribution in [1.82, 2.24) is 0 Å². The van der Waals surface area contributed by atoms with Gasteiger partial charge in [-0.05, 0) is 123 Å². The molecule has 0 heterocycles. The fourth-order valence-corrected chi connectivity index (χ4v) is 10.8. The van der Waals surface area contributed by atoms with Crippen molar-refractivity contribution < 1.29 is 23.1 Å². The van der Waals surface area contributed by atoms with E-state index in [1.165, 1.54) is 16.7 Å². The first-order valence-electron chi connectivity index (χ1n) is 19.9. The summed E-state index contributed by atoms with van der Waals surface area (Å²) in [5.74, 6) is 0.186. The van der Waals surface area contributed by atoms with Crippen molar-refractivity contribution in [3.05, 3.63) is 47.1 Å². The van der Waals surface area contributed by atoms with Gasteiger partial charge >= 0.3 is 5.97 Å². The molecule has 3 aliphatic rings. The van der Waals surface area contributed by atoms with E-state index in [9.17, 15) is 4.79 Å². The van der Waals surface area contributed by atoms with Crippen LogP contribution in [0.15, 0.2) is 47.1 Å². The van der Waals surface area contributed by atoms with E-state index in [4.69, 9.17) is 18.3 Å². The first-order valence-corrected chi connectivity index (χ1v) is 25.7. The van der Waals surface area contributed by atoms with Crippen molar-refractivity contribution in [3.8, 4) is 0 Å². The second-order valence-corrected chi connectivity index (χ2v) is 28.9. The highest BCUT2D eigenvalue weighted by Crippen LogP contribution is 2.56. The van der Waals surface area contributed by atoms with Crippen LogP contribution in [-0.4, -0.2) is 53.1 Å². The van der Waals surface area contributed by atoms with Gasteiger partial charge in [0.2, 0.25) is 0 Å². The van der Waals surface area contributed by atoms with Crippen LogP contribution in [0.25, 0.3) is 0 Å². The maximum Gasteiger partial charge on any atom is 0.332 e. The van der Waals surface area contributed by atoms with Gasteiger partial charge in [-0.1, -0.05) is 106 Å². The van der Waals surface area contributed by atoms with Crippen molar-refractivity contribution in [2.75, 3.05) is 6.61 Å². The van der Waals surface area contributed by atoms with Crippen molar-refractivity contribution >= 4 is 22.6 Å². The maximum atomic E-state index is 12.9. The zero-order valence-electron chi connectivity index (χ0n) is 35.1. The van der Waals surface area contributed by atoms with Gasteiger partial charge in [0, 0.05) is 6.42 Å². The quantitative estimate of drug-likeness (QED) is 0.101. The van der Waals surface area contributed by atoms with E-state index in [0.717, 1.165) is 69.8 Å². The third-order valence-electron chi connectivity index (χ3n) is 13.2. The minimum Gasteiger partial charge on any atom is -0.458 e. The van der Waals surface area contributed by atoms with E-state index in [2.05, 4.69) is 127 Å². The monoisotopic (exact) mass is 729 g/mol. The van der Waals surface area contributed by atoms with E-state index < -0.39 is 22.2 Å². The van der Waals surface area contributed by atoms with Gasteiger partial charge in [-0.15, -0.1) is 0 Å². The first-order chi connectivity index (χ1) is 22.9. The molecule has 3 rings (SSSR count). The standard InChI is InChI=1S/C43H76O5Si2/c1-17-25-42(11,26-18-2)46-39(44)30-45-32(4)36-23-24-37-33(20-19-27-43(36,37)12)21-22-34-28-35(47-49(13,14)40(5,6)7)29-38(31(34)3)48-50(15,16)41(8,9)10/h21-23,32,35,37-38H,3,17-20,24-30H2,1-2,4-16H3/b33-21+,34-22-/t32?,35-,37+,38+,43-/m1/s1. The Morgan fingerprint density at radius 3 is 2.12 bits per heavy atom. The molecule has 0 bridgehead atoms. The van der Waals surface area contributed by atoms with Crippen LogP contribution >= 0.6 is 0 Å². The number of esters is 1. The first kappa shape index (κ1) is 43.2. The van der Waals surface area contributed by atoms with Gasteiger partial charge in [0.25, 0.3) is 0 Å². The molecule has 5 nitrogen and oxygen atoms in total. The summed E-state index contributed by atoms with van der Waals surface area (Å²) in [6.45, 7) is 38.9. The Bertz CT molecular complexity index is 1290. The summed E-state index contributed by atoms with van der Waals surface area (Å²) < 4.78 is 26.4. The summed E-state index contributed by atoms with van der Waals surface area (Å²) in [7, 11) is -3.99. The average Bonchev–Trinajstić information content (AvgIpc) is 3.33. The molecule has 50 heavy (non-hydrogen) atoms. The Kier molecular flexibility index (Phi) is 14.2. The molecule has 0 radical (unpaired) electrons. The molecule has 2 saturated carbocycles. The molecule has 0 aromatic heterocycles. The van der Waals surface area contributed by atoms with Crippen LogP contribution in [0.2, 0.25) is 36.3 Å². The summed E-state index contributed by atoms with van der Waals surface area (Å²) in [6, 6.07) is 0. The zero-order valence-corrected chi connectivity index (χ0v) is 37.1. The highest BCUT2D eigenvalue weighted by atomic mass is 28.4. The van der Waals surface area contributed by atoms with Crippen LogP contribution in [0.1, 0.15) is 140 Å². The Morgan fingerprint density at radius 2 is 1.56 bits per heavy atom. The third kappa shape index (κ3) is 10.2. The molecule has 0 aromatic rings. The van der Waals surface area contributed by atoms with E-state index in [1.807, 2.05) is 0 Å². The summed E-state index contributed by atoms with van der Waals surface area (Å²) >= 11 is 0. The lowest BCUT2D eigenvalue weighted by atomic mass is 9.63. The molecule has 0 aliphatic heterocycles. The summed E-state index contributed by atoms with van der Waals surface area (Å²) in [6.07, 6.45) is 17.1. The van der Waals surface area contributed by atoms with Crippen molar-refractivity contribution in [1.29, 1.82) is 0 Å². The molecule has 0 N–H and O–H groups in total. The molecular formula is C43H76O5Si2. The smallest absolute Gasteiger partial charge is 0.332 e. The summed E-state index contributed by atoms with van der Waals surface area (Å²) in [5.41, 5.74) is 4.88. The van der Waals surface area contributed by atoms with Gasteiger partial charge in [-0.25, -0.2) is 4.79 Å². The molecule has 7 heteroatoms. The topological polar surface area (TPSA) is 54.0 Å². The Morgan fingerprint density at radius 1 is 0.980 bits per heavy atom. The molecule has 1 unspecified atom stereocenters. The molecule has 3 aliphatic carbocycles. The van der Waals surface area contributed by atoms with E-state index in [0.29, 0.717) is 5.92 Å². The average molecular weight is 729 g/mol. The lowest BCUT2D eigenvalue weighted by Crippen LogP contribution is -2.49. The molecule has 0 amide bonds. The fraction of sp³-hybridized carbons (Fsp3) is 0.791. The lowest BCUT2D eigenvalue weighted by Gasteiger charge is -2.45. The van der Waals surface area contributed by atoms with E-state index in [1.54, 1.807) is 0 Å². The number of hydrogen-bond donors (Lipinski definition) is 0. The van der Waals surface area contributed by atoms with Gasteiger partial charge in [-0.3, -0.25) is 0 Å². The number of ether oxygens (including phenoxy) is 2. The number of hydrogen-bond acceptors (Lipinski definition) is 5. The number of carbonyl (C=O) groups excluding carboxylic acids is 1. The van der Waals surface area contributed by atoms with Crippen LogP contribution in [0.5, 0.6) is 0 Å². The number of rotatable bonds is 14. The van der Waals surface area contributed by atoms with Crippen LogP contribution in [-0.2, 0) is 23.1 Å². The fourth-order valence-electron chi connectivity index (χ4n) is 8.12. The SMILES string of the molecule is C=C1/C(=C\C=C2/CCC[C@]3(C)C(C(C)OCC(=O)OC(C)(CCC)CCC)=CC[C@@H]23)C[C@@H](O[Si](C)(C)C(C)(C)C)C[C@@H]1O[Si](C)(C)C(C)(C)C. The second kappa shape index (κ2) is 16.4. The Hall–Kier alpha value is -1.26. The molecule has 0 spiro atoms. The van der Waals surface area contributed by atoms with Crippen molar-refractivity contribution in [2.45, 2.75) is 201 Å². The van der Waals surface area contributed by atoms with Crippen LogP contribution in [0.4, 0.5) is 0 Å². The predicted molar refractivity (Wildman–Crippen MR) is 217 cm³/mol. The second-order valence-electron chi connectivity index (χ2n) is 19.4. The maximum absolute atomic E-state index is 12.9. The van der Waals surface area contributed by atoms with Gasteiger partial charge in [0.15, 0.2) is 16.6 Å². The van der Waals surface area contributed by atoms with Gasteiger partial charge in [0.1, 0.15) is 12.2 Å². The number of carbonyl (C=O) groups is 1. The molecule has 5 atom stereocenters. The van der Waals surface area contributed by atoms with Crippen LogP contribution < -0.4 is 0 Å². The van der Waals surface area contributed by atoms with Gasteiger partial charge < -0.3 is 18.3 Å². The van der Waals surface area contributed by atoms with Crippen molar-refractivity contribution in [2.24, 2.45) is 11.3 Å². The Balaban J connectivity index is 1.81. The largest absolute Gasteiger partial charge is 0.458 e. The minimum absolute atomic E-state index is 0.00456. The van der Waals surface area contributed by atoms with Crippen molar-refractivity contribution in [3.63, 3.8) is 0 Å². The lowest BCUT2D eigenvalue weighted by molar-refractivity contribution is -0.166. The summed E-state index contributed by atoms with van der Waals surface area (Å²) in [4.78, 5) is 12.9. The van der Waals surface area contributed by atoms with E-state index in [-0.39, 0.29) is 46.4 Å². The normalized spacial score (nSPS) is 27.8.